The molecule has 0 aliphatic rings. The molecule has 1 heterocycles. The van der Waals surface area contributed by atoms with Crippen LogP contribution in [-0.4, -0.2) is 17.9 Å². The third kappa shape index (κ3) is 4.28. The largest absolute Gasteiger partial charge is 0.508 e. The van der Waals surface area contributed by atoms with Crippen LogP contribution in [-0.2, 0) is 0 Å². The Labute approximate surface area is 146 Å². The van der Waals surface area contributed by atoms with Gasteiger partial charge in [-0.1, -0.05) is 0 Å². The van der Waals surface area contributed by atoms with E-state index in [1.807, 2.05) is 0 Å². The van der Waals surface area contributed by atoms with E-state index in [1.165, 1.54) is 18.2 Å². The Morgan fingerprint density at radius 3 is 2.38 bits per heavy atom. The number of hydrogen-bond donors (Lipinski definition) is 1. The molecule has 3 aromatic rings. The summed E-state index contributed by atoms with van der Waals surface area (Å²) >= 11 is 0. The van der Waals surface area contributed by atoms with Crippen LogP contribution in [0.15, 0.2) is 45.6 Å². The highest BCUT2D eigenvalue weighted by atomic mass is 19.4. The van der Waals surface area contributed by atoms with Crippen molar-refractivity contribution in [1.82, 2.24) is 0 Å². The molecule has 7 heteroatoms. The standard InChI is InChI=1S/C19H17F3O4/c20-19(21,22)8-2-1-3-9-25-13-5-7-15-17(11-13)26-16-10-12(23)4-6-14(16)18(15)24/h4-7,10-11,23H,1-3,8-9H2. The molecular formula is C19H17F3O4. The maximum atomic E-state index is 12.4. The Bertz CT molecular complexity index is 976. The fourth-order valence-electron chi connectivity index (χ4n) is 2.71. The molecule has 0 radical (unpaired) electrons. The van der Waals surface area contributed by atoms with Gasteiger partial charge in [-0.3, -0.25) is 4.79 Å². The summed E-state index contributed by atoms with van der Waals surface area (Å²) in [5.41, 5.74) is 0.384. The molecule has 0 fully saturated rings. The number of fused-ring (bicyclic) bond motifs is 2. The number of alkyl halides is 3. The molecule has 0 aliphatic heterocycles. The SMILES string of the molecule is O=c1c2ccc(O)cc2oc2cc(OCCCCCC(F)(F)F)ccc12. The van der Waals surface area contributed by atoms with Crippen LogP contribution in [0.3, 0.4) is 0 Å². The molecular weight excluding hydrogens is 349 g/mol. The summed E-state index contributed by atoms with van der Waals surface area (Å²) < 4.78 is 47.4. The first-order chi connectivity index (χ1) is 12.3. The Balaban J connectivity index is 1.69. The summed E-state index contributed by atoms with van der Waals surface area (Å²) in [7, 11) is 0. The number of ether oxygens (including phenoxy) is 1. The van der Waals surface area contributed by atoms with Crippen LogP contribution >= 0.6 is 0 Å². The highest BCUT2D eigenvalue weighted by Crippen LogP contribution is 2.26. The zero-order chi connectivity index (χ0) is 18.7. The van der Waals surface area contributed by atoms with E-state index >= 15 is 0 Å². The number of rotatable bonds is 6. The molecule has 0 saturated carbocycles. The zero-order valence-corrected chi connectivity index (χ0v) is 13.8. The summed E-state index contributed by atoms with van der Waals surface area (Å²) in [6.07, 6.45) is -3.90. The first kappa shape index (κ1) is 18.1. The number of aromatic hydroxyl groups is 1. The van der Waals surface area contributed by atoms with Crippen LogP contribution in [0, 0.1) is 0 Å². The van der Waals surface area contributed by atoms with Crippen molar-refractivity contribution in [2.45, 2.75) is 31.9 Å². The van der Waals surface area contributed by atoms with Crippen molar-refractivity contribution in [3.05, 3.63) is 46.6 Å². The van der Waals surface area contributed by atoms with Crippen LogP contribution in [0.1, 0.15) is 25.7 Å². The second kappa shape index (κ2) is 7.27. The van der Waals surface area contributed by atoms with Crippen molar-refractivity contribution in [1.29, 1.82) is 0 Å². The summed E-state index contributed by atoms with van der Waals surface area (Å²) in [6, 6.07) is 9.07. The van der Waals surface area contributed by atoms with Gasteiger partial charge < -0.3 is 14.3 Å². The molecule has 1 aromatic heterocycles. The minimum absolute atomic E-state index is 0.00809. The Morgan fingerprint density at radius 1 is 0.962 bits per heavy atom. The minimum Gasteiger partial charge on any atom is -0.508 e. The molecule has 0 bridgehead atoms. The van der Waals surface area contributed by atoms with Gasteiger partial charge in [-0.25, -0.2) is 0 Å². The molecule has 0 saturated heterocycles. The second-order valence-corrected chi connectivity index (χ2v) is 6.04. The number of hydrogen-bond acceptors (Lipinski definition) is 4. The van der Waals surface area contributed by atoms with Crippen molar-refractivity contribution in [3.8, 4) is 11.5 Å². The van der Waals surface area contributed by atoms with Gasteiger partial charge >= 0.3 is 6.18 Å². The first-order valence-electron chi connectivity index (χ1n) is 8.23. The molecule has 4 nitrogen and oxygen atoms in total. The van der Waals surface area contributed by atoms with Crippen molar-refractivity contribution in [3.63, 3.8) is 0 Å². The first-order valence-corrected chi connectivity index (χ1v) is 8.23. The van der Waals surface area contributed by atoms with Crippen molar-refractivity contribution in [2.24, 2.45) is 0 Å². The molecule has 138 valence electrons. The molecule has 0 unspecified atom stereocenters. The predicted molar refractivity (Wildman–Crippen MR) is 91.7 cm³/mol. The van der Waals surface area contributed by atoms with Gasteiger partial charge in [-0.2, -0.15) is 13.2 Å². The lowest BCUT2D eigenvalue weighted by molar-refractivity contribution is -0.135. The monoisotopic (exact) mass is 366 g/mol. The molecule has 0 atom stereocenters. The Kier molecular flexibility index (Phi) is 5.06. The Hall–Kier alpha value is -2.70. The predicted octanol–water partition coefficient (Wildman–Crippen LogP) is 5.15. The highest BCUT2D eigenvalue weighted by Gasteiger charge is 2.25. The number of phenolic OH excluding ortho intramolecular Hbond substituents is 1. The topological polar surface area (TPSA) is 59.7 Å². The summed E-state index contributed by atoms with van der Waals surface area (Å²) in [5.74, 6) is 0.460. The average molecular weight is 366 g/mol. The van der Waals surface area contributed by atoms with E-state index in [0.717, 1.165) is 0 Å². The zero-order valence-electron chi connectivity index (χ0n) is 13.8. The molecule has 0 aliphatic carbocycles. The van der Waals surface area contributed by atoms with Crippen LogP contribution in [0.25, 0.3) is 21.9 Å². The molecule has 26 heavy (non-hydrogen) atoms. The lowest BCUT2D eigenvalue weighted by Gasteiger charge is -2.08. The maximum Gasteiger partial charge on any atom is 0.389 e. The second-order valence-electron chi connectivity index (χ2n) is 6.04. The van der Waals surface area contributed by atoms with Crippen LogP contribution < -0.4 is 10.2 Å². The van der Waals surface area contributed by atoms with E-state index < -0.39 is 12.6 Å². The van der Waals surface area contributed by atoms with Crippen molar-refractivity contribution in [2.75, 3.05) is 6.61 Å². The van der Waals surface area contributed by atoms with E-state index in [0.29, 0.717) is 34.9 Å². The van der Waals surface area contributed by atoms with Gasteiger partial charge in [0.25, 0.3) is 0 Å². The molecule has 1 N–H and O–H groups in total. The van der Waals surface area contributed by atoms with Gasteiger partial charge in [0.1, 0.15) is 22.7 Å². The van der Waals surface area contributed by atoms with E-state index in [4.69, 9.17) is 9.15 Å². The lowest BCUT2D eigenvalue weighted by atomic mass is 10.1. The fourth-order valence-corrected chi connectivity index (χ4v) is 2.71. The number of phenols is 1. The van der Waals surface area contributed by atoms with Crippen molar-refractivity contribution < 1.29 is 27.4 Å². The smallest absolute Gasteiger partial charge is 0.389 e. The number of halogens is 3. The van der Waals surface area contributed by atoms with Gasteiger partial charge in [-0.05, 0) is 43.5 Å². The van der Waals surface area contributed by atoms with E-state index in [2.05, 4.69) is 0 Å². The average Bonchev–Trinajstić information content (AvgIpc) is 2.56. The number of benzene rings is 2. The number of unbranched alkanes of at least 4 members (excludes halogenated alkanes) is 2. The normalized spacial score (nSPS) is 12.0. The maximum absolute atomic E-state index is 12.4. The third-order valence-corrected chi connectivity index (χ3v) is 4.00. The quantitative estimate of drug-likeness (QED) is 0.484. The van der Waals surface area contributed by atoms with Crippen LogP contribution in [0.2, 0.25) is 0 Å². The summed E-state index contributed by atoms with van der Waals surface area (Å²) in [6.45, 7) is 0.280. The molecule has 0 amide bonds. The molecule has 0 spiro atoms. The molecule has 3 rings (SSSR count). The van der Waals surface area contributed by atoms with Crippen LogP contribution in [0.4, 0.5) is 13.2 Å². The highest BCUT2D eigenvalue weighted by molar-refractivity contribution is 5.90. The minimum atomic E-state index is -4.12. The van der Waals surface area contributed by atoms with E-state index in [9.17, 15) is 23.1 Å². The summed E-state index contributed by atoms with van der Waals surface area (Å²) in [4.78, 5) is 12.4. The lowest BCUT2D eigenvalue weighted by Crippen LogP contribution is -2.07. The van der Waals surface area contributed by atoms with Gasteiger partial charge in [0.15, 0.2) is 0 Å². The van der Waals surface area contributed by atoms with Gasteiger partial charge in [0.2, 0.25) is 5.43 Å². The van der Waals surface area contributed by atoms with E-state index in [-0.39, 0.29) is 29.8 Å². The van der Waals surface area contributed by atoms with E-state index in [1.54, 1.807) is 18.2 Å². The Morgan fingerprint density at radius 2 is 1.65 bits per heavy atom. The fraction of sp³-hybridized carbons (Fsp3) is 0.316. The van der Waals surface area contributed by atoms with Gasteiger partial charge in [0.05, 0.1) is 17.4 Å². The summed E-state index contributed by atoms with van der Waals surface area (Å²) in [5, 5.41) is 10.3. The van der Waals surface area contributed by atoms with Crippen molar-refractivity contribution >= 4 is 21.9 Å². The van der Waals surface area contributed by atoms with Crippen LogP contribution in [0.5, 0.6) is 11.5 Å². The van der Waals surface area contributed by atoms with Gasteiger partial charge in [-0.15, -0.1) is 0 Å². The third-order valence-electron chi connectivity index (χ3n) is 4.00. The molecule has 2 aromatic carbocycles. The van der Waals surface area contributed by atoms with Gasteiger partial charge in [0, 0.05) is 18.6 Å².